The number of halogens is 1. The Bertz CT molecular complexity index is 522. The van der Waals surface area contributed by atoms with Gasteiger partial charge < -0.3 is 5.32 Å². The van der Waals surface area contributed by atoms with E-state index in [1.807, 2.05) is 30.1 Å². The van der Waals surface area contributed by atoms with Crippen molar-refractivity contribution in [2.24, 2.45) is 0 Å². The van der Waals surface area contributed by atoms with Crippen molar-refractivity contribution in [3.05, 3.63) is 53.6 Å². The minimum Gasteiger partial charge on any atom is -0.312 e. The van der Waals surface area contributed by atoms with E-state index < -0.39 is 0 Å². The van der Waals surface area contributed by atoms with Crippen molar-refractivity contribution < 1.29 is 4.39 Å². The molecule has 0 spiro atoms. The zero-order valence-corrected chi connectivity index (χ0v) is 11.4. The third-order valence-electron chi connectivity index (χ3n) is 3.03. The highest BCUT2D eigenvalue weighted by Gasteiger charge is 2.04. The van der Waals surface area contributed by atoms with E-state index in [0.717, 1.165) is 25.1 Å². The van der Waals surface area contributed by atoms with E-state index in [9.17, 15) is 4.39 Å². The number of nitrogens with zero attached hydrogens (tertiary/aromatic N) is 2. The van der Waals surface area contributed by atoms with Crippen LogP contribution in [0.25, 0.3) is 0 Å². The van der Waals surface area contributed by atoms with Gasteiger partial charge in [-0.15, -0.1) is 0 Å². The number of benzene rings is 1. The van der Waals surface area contributed by atoms with Gasteiger partial charge in [0.2, 0.25) is 0 Å². The Balaban J connectivity index is 1.74. The number of nitrogens with one attached hydrogen (secondary N) is 1. The van der Waals surface area contributed by atoms with Gasteiger partial charge in [-0.1, -0.05) is 12.1 Å². The van der Waals surface area contributed by atoms with Gasteiger partial charge in [0.1, 0.15) is 5.82 Å². The maximum Gasteiger partial charge on any atom is 0.123 e. The largest absolute Gasteiger partial charge is 0.312 e. The Morgan fingerprint density at radius 3 is 2.95 bits per heavy atom. The van der Waals surface area contributed by atoms with Crippen LogP contribution < -0.4 is 5.32 Å². The second kappa shape index (κ2) is 6.48. The predicted octanol–water partition coefficient (Wildman–Crippen LogP) is 2.55. The molecule has 1 aromatic heterocycles. The lowest BCUT2D eigenvalue weighted by Crippen LogP contribution is -2.31. The van der Waals surface area contributed by atoms with Crippen molar-refractivity contribution in [3.63, 3.8) is 0 Å². The fourth-order valence-corrected chi connectivity index (χ4v) is 2.10. The Hall–Kier alpha value is -1.68. The second-order valence-electron chi connectivity index (χ2n) is 4.97. The molecule has 0 aliphatic carbocycles. The van der Waals surface area contributed by atoms with Gasteiger partial charge in [0.05, 0.1) is 12.7 Å². The molecule has 0 aliphatic rings. The number of aryl methyl sites for hydroxylation is 1. The smallest absolute Gasteiger partial charge is 0.123 e. The van der Waals surface area contributed by atoms with Gasteiger partial charge >= 0.3 is 0 Å². The Kier molecular flexibility index (Phi) is 4.68. The van der Waals surface area contributed by atoms with E-state index in [2.05, 4.69) is 17.3 Å². The van der Waals surface area contributed by atoms with Crippen LogP contribution in [-0.2, 0) is 13.0 Å². The maximum atomic E-state index is 13.1. The molecule has 0 bridgehead atoms. The minimum absolute atomic E-state index is 0.170. The minimum atomic E-state index is -0.170. The third-order valence-corrected chi connectivity index (χ3v) is 3.03. The number of hydrogen-bond acceptors (Lipinski definition) is 2. The van der Waals surface area contributed by atoms with Gasteiger partial charge in [0.25, 0.3) is 0 Å². The summed E-state index contributed by atoms with van der Waals surface area (Å²) < 4.78 is 15.0. The summed E-state index contributed by atoms with van der Waals surface area (Å²) >= 11 is 0. The Morgan fingerprint density at radius 2 is 2.26 bits per heavy atom. The molecule has 4 heteroatoms. The number of hydrogen-bond donors (Lipinski definition) is 1. The van der Waals surface area contributed by atoms with E-state index in [0.29, 0.717) is 6.04 Å². The molecular weight excluding hydrogens is 241 g/mol. The first kappa shape index (κ1) is 13.7. The Morgan fingerprint density at radius 1 is 1.42 bits per heavy atom. The van der Waals surface area contributed by atoms with Crippen LogP contribution in [0.2, 0.25) is 0 Å². The van der Waals surface area contributed by atoms with E-state index in [1.54, 1.807) is 12.1 Å². The van der Waals surface area contributed by atoms with Crippen molar-refractivity contribution in [2.75, 3.05) is 6.54 Å². The van der Waals surface area contributed by atoms with Crippen molar-refractivity contribution in [1.82, 2.24) is 15.1 Å². The molecule has 0 amide bonds. The van der Waals surface area contributed by atoms with Gasteiger partial charge in [-0.05, 0) is 43.5 Å². The average Bonchev–Trinajstić information content (AvgIpc) is 2.75. The van der Waals surface area contributed by atoms with Gasteiger partial charge in [-0.25, -0.2) is 4.39 Å². The van der Waals surface area contributed by atoms with E-state index in [1.165, 1.54) is 11.6 Å². The van der Waals surface area contributed by atoms with Crippen molar-refractivity contribution >= 4 is 0 Å². The molecule has 0 saturated heterocycles. The molecular formula is C15H20FN3. The summed E-state index contributed by atoms with van der Waals surface area (Å²) in [4.78, 5) is 0. The third kappa shape index (κ3) is 4.48. The van der Waals surface area contributed by atoms with E-state index in [-0.39, 0.29) is 5.82 Å². The van der Waals surface area contributed by atoms with Crippen LogP contribution in [0.3, 0.4) is 0 Å². The van der Waals surface area contributed by atoms with Crippen molar-refractivity contribution in [1.29, 1.82) is 0 Å². The standard InChI is InChI=1S/C15H20FN3/c1-12-10-18-19(11-12)7-6-17-13(2)8-14-4-3-5-15(16)9-14/h3-5,9-11,13,17H,6-8H2,1-2H3. The normalized spacial score (nSPS) is 12.6. The average molecular weight is 261 g/mol. The van der Waals surface area contributed by atoms with Crippen LogP contribution >= 0.6 is 0 Å². The molecule has 1 heterocycles. The Labute approximate surface area is 113 Å². The molecule has 2 rings (SSSR count). The summed E-state index contributed by atoms with van der Waals surface area (Å²) in [6.07, 6.45) is 4.71. The topological polar surface area (TPSA) is 29.9 Å². The van der Waals surface area contributed by atoms with Gasteiger partial charge in [0, 0.05) is 18.8 Å². The molecule has 0 fully saturated rings. The fraction of sp³-hybridized carbons (Fsp3) is 0.400. The fourth-order valence-electron chi connectivity index (χ4n) is 2.10. The van der Waals surface area contributed by atoms with Gasteiger partial charge in [-0.2, -0.15) is 5.10 Å². The lowest BCUT2D eigenvalue weighted by Gasteiger charge is -2.14. The quantitative estimate of drug-likeness (QED) is 0.866. The summed E-state index contributed by atoms with van der Waals surface area (Å²) in [5.41, 5.74) is 2.20. The molecule has 0 radical (unpaired) electrons. The first-order valence-corrected chi connectivity index (χ1v) is 6.60. The summed E-state index contributed by atoms with van der Waals surface area (Å²) in [7, 11) is 0. The first-order valence-electron chi connectivity index (χ1n) is 6.60. The highest BCUT2D eigenvalue weighted by Crippen LogP contribution is 2.06. The first-order chi connectivity index (χ1) is 9.13. The van der Waals surface area contributed by atoms with Crippen LogP contribution in [0.15, 0.2) is 36.7 Å². The molecule has 0 aliphatic heterocycles. The molecule has 2 aromatic rings. The van der Waals surface area contributed by atoms with Crippen LogP contribution in [0, 0.1) is 12.7 Å². The molecule has 19 heavy (non-hydrogen) atoms. The van der Waals surface area contributed by atoms with Crippen LogP contribution in [0.5, 0.6) is 0 Å². The number of aromatic nitrogens is 2. The van der Waals surface area contributed by atoms with Crippen LogP contribution in [0.4, 0.5) is 4.39 Å². The number of rotatable bonds is 6. The zero-order chi connectivity index (χ0) is 13.7. The lowest BCUT2D eigenvalue weighted by atomic mass is 10.1. The van der Waals surface area contributed by atoms with Crippen LogP contribution in [-0.4, -0.2) is 22.4 Å². The van der Waals surface area contributed by atoms with Crippen molar-refractivity contribution in [2.45, 2.75) is 32.9 Å². The summed E-state index contributed by atoms with van der Waals surface area (Å²) in [5.74, 6) is -0.170. The molecule has 3 nitrogen and oxygen atoms in total. The van der Waals surface area contributed by atoms with E-state index >= 15 is 0 Å². The highest BCUT2D eigenvalue weighted by molar-refractivity contribution is 5.17. The molecule has 1 unspecified atom stereocenters. The maximum absolute atomic E-state index is 13.1. The summed E-state index contributed by atoms with van der Waals surface area (Å²) in [6.45, 7) is 5.85. The molecule has 102 valence electrons. The lowest BCUT2D eigenvalue weighted by molar-refractivity contribution is 0.492. The zero-order valence-electron chi connectivity index (χ0n) is 11.4. The van der Waals surface area contributed by atoms with Gasteiger partial charge in [-0.3, -0.25) is 4.68 Å². The summed E-state index contributed by atoms with van der Waals surface area (Å²) in [5, 5.41) is 7.66. The molecule has 1 atom stereocenters. The van der Waals surface area contributed by atoms with Crippen LogP contribution in [0.1, 0.15) is 18.1 Å². The van der Waals surface area contributed by atoms with Crippen molar-refractivity contribution in [3.8, 4) is 0 Å². The van der Waals surface area contributed by atoms with Gasteiger partial charge in [0.15, 0.2) is 0 Å². The molecule has 1 aromatic carbocycles. The van der Waals surface area contributed by atoms with E-state index in [4.69, 9.17) is 0 Å². The second-order valence-corrected chi connectivity index (χ2v) is 4.97. The SMILES string of the molecule is Cc1cnn(CCNC(C)Cc2cccc(F)c2)c1. The molecule has 0 saturated carbocycles. The predicted molar refractivity (Wildman–Crippen MR) is 74.5 cm³/mol. The highest BCUT2D eigenvalue weighted by atomic mass is 19.1. The monoisotopic (exact) mass is 261 g/mol. The summed E-state index contributed by atoms with van der Waals surface area (Å²) in [6, 6.07) is 7.09. The molecule has 1 N–H and O–H groups in total.